The van der Waals surface area contributed by atoms with Crippen molar-refractivity contribution >= 4 is 64.5 Å². The van der Waals surface area contributed by atoms with Gasteiger partial charge in [0, 0.05) is 11.6 Å². The van der Waals surface area contributed by atoms with Crippen molar-refractivity contribution < 1.29 is 9.53 Å². The predicted molar refractivity (Wildman–Crippen MR) is 96.6 cm³/mol. The average molecular weight is 379 g/mol. The van der Waals surface area contributed by atoms with Crippen LogP contribution < -0.4 is 4.87 Å². The molecule has 22 heavy (non-hydrogen) atoms. The van der Waals surface area contributed by atoms with Crippen molar-refractivity contribution in [3.63, 3.8) is 0 Å². The fourth-order valence-electron chi connectivity index (χ4n) is 1.88. The molecular weight excluding hydrogens is 364 g/mol. The Balaban J connectivity index is 1.95. The van der Waals surface area contributed by atoms with Crippen molar-refractivity contribution in [2.45, 2.75) is 13.0 Å². The standard InChI is InChI=1S/C13H15ClN2O3S3/c14-9-2-3-11-10(6-9)16(13(18)22-11)4-1-5-19-12(17)15(7-20)8-21/h2-3,6,20-21H,1,4-5,7-8H2. The Bertz CT molecular complexity index is 712. The number of nitrogens with zero attached hydrogens (tertiary/aromatic N) is 2. The lowest BCUT2D eigenvalue weighted by molar-refractivity contribution is 0.113. The lowest BCUT2D eigenvalue weighted by atomic mass is 10.3. The van der Waals surface area contributed by atoms with Gasteiger partial charge in [0.1, 0.15) is 0 Å². The molecule has 9 heteroatoms. The highest BCUT2D eigenvalue weighted by molar-refractivity contribution is 7.81. The van der Waals surface area contributed by atoms with E-state index >= 15 is 0 Å². The van der Waals surface area contributed by atoms with Crippen LogP contribution in [0.25, 0.3) is 10.2 Å². The Morgan fingerprint density at radius 2 is 2.09 bits per heavy atom. The minimum absolute atomic E-state index is 0.0454. The number of halogens is 1. The highest BCUT2D eigenvalue weighted by atomic mass is 35.5. The van der Waals surface area contributed by atoms with Crippen molar-refractivity contribution in [3.8, 4) is 0 Å². The zero-order valence-electron chi connectivity index (χ0n) is 11.6. The van der Waals surface area contributed by atoms with Gasteiger partial charge in [0.05, 0.1) is 28.6 Å². The zero-order chi connectivity index (χ0) is 16.1. The van der Waals surface area contributed by atoms with E-state index in [0.29, 0.717) is 18.0 Å². The van der Waals surface area contributed by atoms with Gasteiger partial charge in [0.25, 0.3) is 0 Å². The van der Waals surface area contributed by atoms with Crippen LogP contribution >= 0.6 is 48.2 Å². The van der Waals surface area contributed by atoms with Crippen LogP contribution in [0.15, 0.2) is 23.0 Å². The molecule has 0 saturated heterocycles. The maximum absolute atomic E-state index is 12.0. The first kappa shape index (κ1) is 17.5. The number of thiol groups is 2. The first-order valence-electron chi connectivity index (χ1n) is 6.49. The van der Waals surface area contributed by atoms with Crippen LogP contribution in [0.3, 0.4) is 0 Å². The van der Waals surface area contributed by atoms with Gasteiger partial charge in [-0.1, -0.05) is 22.9 Å². The van der Waals surface area contributed by atoms with Gasteiger partial charge in [0.15, 0.2) is 0 Å². The van der Waals surface area contributed by atoms with Crippen LogP contribution in [0.2, 0.25) is 5.02 Å². The normalized spacial score (nSPS) is 10.9. The molecule has 0 saturated carbocycles. The quantitative estimate of drug-likeness (QED) is 0.460. The van der Waals surface area contributed by atoms with E-state index in [1.54, 1.807) is 16.7 Å². The van der Waals surface area contributed by atoms with Crippen molar-refractivity contribution in [2.75, 3.05) is 18.4 Å². The molecule has 0 atom stereocenters. The number of benzene rings is 1. The fraction of sp³-hybridized carbons (Fsp3) is 0.385. The number of amides is 1. The number of aromatic nitrogens is 1. The number of rotatable bonds is 6. The lowest BCUT2D eigenvalue weighted by Crippen LogP contribution is -2.30. The second-order valence-electron chi connectivity index (χ2n) is 4.42. The molecule has 2 aromatic rings. The summed E-state index contributed by atoms with van der Waals surface area (Å²) in [5.74, 6) is 0.491. The van der Waals surface area contributed by atoms with Gasteiger partial charge in [-0.05, 0) is 24.6 Å². The summed E-state index contributed by atoms with van der Waals surface area (Å²) >= 11 is 15.2. The summed E-state index contributed by atoms with van der Waals surface area (Å²) in [6.45, 7) is 0.690. The molecule has 120 valence electrons. The van der Waals surface area contributed by atoms with E-state index in [9.17, 15) is 9.59 Å². The largest absolute Gasteiger partial charge is 0.449 e. The Hall–Kier alpha value is -0.830. The molecule has 5 nitrogen and oxygen atoms in total. The van der Waals surface area contributed by atoms with Gasteiger partial charge in [-0.15, -0.1) is 0 Å². The maximum Gasteiger partial charge on any atom is 0.411 e. The van der Waals surface area contributed by atoms with Crippen LogP contribution in [-0.4, -0.2) is 33.9 Å². The highest BCUT2D eigenvalue weighted by Gasteiger charge is 2.12. The van der Waals surface area contributed by atoms with Gasteiger partial charge in [0.2, 0.25) is 0 Å². The van der Waals surface area contributed by atoms with Crippen LogP contribution in [0, 0.1) is 0 Å². The number of hydrogen-bond acceptors (Lipinski definition) is 6. The van der Waals surface area contributed by atoms with E-state index in [0.717, 1.165) is 10.2 Å². The van der Waals surface area contributed by atoms with Gasteiger partial charge in [-0.25, -0.2) is 4.79 Å². The van der Waals surface area contributed by atoms with Crippen molar-refractivity contribution in [2.24, 2.45) is 0 Å². The molecule has 0 aliphatic rings. The summed E-state index contributed by atoms with van der Waals surface area (Å²) < 4.78 is 7.65. The number of carbonyl (C=O) groups excluding carboxylic acids is 1. The first-order chi connectivity index (χ1) is 10.6. The van der Waals surface area contributed by atoms with Gasteiger partial charge >= 0.3 is 11.0 Å². The third kappa shape index (κ3) is 4.13. The smallest absolute Gasteiger partial charge is 0.411 e. The molecule has 0 radical (unpaired) electrons. The van der Waals surface area contributed by atoms with E-state index in [2.05, 4.69) is 25.3 Å². The zero-order valence-corrected chi connectivity index (χ0v) is 14.9. The molecule has 0 unspecified atom stereocenters. The average Bonchev–Trinajstić information content (AvgIpc) is 2.80. The Morgan fingerprint density at radius 3 is 2.77 bits per heavy atom. The van der Waals surface area contributed by atoms with E-state index in [4.69, 9.17) is 16.3 Å². The van der Waals surface area contributed by atoms with E-state index < -0.39 is 6.09 Å². The molecule has 2 rings (SSSR count). The van der Waals surface area contributed by atoms with E-state index in [-0.39, 0.29) is 23.2 Å². The molecule has 1 aromatic carbocycles. The third-order valence-corrected chi connectivity index (χ3v) is 4.86. The topological polar surface area (TPSA) is 51.5 Å². The summed E-state index contributed by atoms with van der Waals surface area (Å²) in [6.07, 6.45) is 0.0762. The number of hydrogen-bond donors (Lipinski definition) is 2. The molecule has 1 amide bonds. The van der Waals surface area contributed by atoms with E-state index in [1.807, 2.05) is 6.07 Å². The van der Waals surface area contributed by atoms with Crippen LogP contribution in [-0.2, 0) is 11.3 Å². The van der Waals surface area contributed by atoms with Crippen LogP contribution in [0.1, 0.15) is 6.42 Å². The fourth-order valence-corrected chi connectivity index (χ4v) is 3.53. The van der Waals surface area contributed by atoms with Gasteiger partial charge in [-0.2, -0.15) is 25.3 Å². The number of aryl methyl sites for hydroxylation is 1. The van der Waals surface area contributed by atoms with Crippen LogP contribution in [0.4, 0.5) is 4.79 Å². The molecule has 0 aliphatic carbocycles. The summed E-state index contributed by atoms with van der Waals surface area (Å²) in [5, 5.41) is 0.587. The Kier molecular flexibility index (Phi) is 6.49. The number of carbonyl (C=O) groups is 1. The molecule has 1 heterocycles. The second kappa shape index (κ2) is 8.14. The Labute approximate surface area is 147 Å². The molecule has 0 bridgehead atoms. The first-order valence-corrected chi connectivity index (χ1v) is 8.95. The number of ether oxygens (including phenoxy) is 1. The lowest BCUT2D eigenvalue weighted by Gasteiger charge is -2.16. The van der Waals surface area contributed by atoms with Crippen LogP contribution in [0.5, 0.6) is 0 Å². The molecule has 0 aliphatic heterocycles. The monoisotopic (exact) mass is 378 g/mol. The van der Waals surface area contributed by atoms with Gasteiger partial charge < -0.3 is 4.74 Å². The third-order valence-electron chi connectivity index (χ3n) is 2.98. The molecule has 1 aromatic heterocycles. The van der Waals surface area contributed by atoms with Gasteiger partial charge in [-0.3, -0.25) is 14.3 Å². The van der Waals surface area contributed by atoms with Crippen molar-refractivity contribution in [3.05, 3.63) is 32.9 Å². The number of thiazole rings is 1. The maximum atomic E-state index is 12.0. The van der Waals surface area contributed by atoms with E-state index in [1.165, 1.54) is 16.2 Å². The minimum Gasteiger partial charge on any atom is -0.449 e. The number of fused-ring (bicyclic) bond motifs is 1. The molecule has 0 N–H and O–H groups in total. The highest BCUT2D eigenvalue weighted by Crippen LogP contribution is 2.21. The molecule has 0 spiro atoms. The summed E-state index contributed by atoms with van der Waals surface area (Å²) in [4.78, 5) is 24.9. The second-order valence-corrected chi connectivity index (χ2v) is 6.42. The predicted octanol–water partition coefficient (Wildman–Crippen LogP) is 3.32. The molecule has 0 fully saturated rings. The SMILES string of the molecule is O=C(OCCCn1c(=O)sc2ccc(Cl)cc21)N(CS)CS. The summed E-state index contributed by atoms with van der Waals surface area (Å²) in [7, 11) is 0. The Morgan fingerprint density at radius 1 is 1.36 bits per heavy atom. The summed E-state index contributed by atoms with van der Waals surface area (Å²) in [5.41, 5.74) is 0.807. The minimum atomic E-state index is -0.462. The van der Waals surface area contributed by atoms with Crippen molar-refractivity contribution in [1.29, 1.82) is 0 Å². The summed E-state index contributed by atoms with van der Waals surface area (Å²) in [6, 6.07) is 5.36. The van der Waals surface area contributed by atoms with Crippen molar-refractivity contribution in [1.82, 2.24) is 9.47 Å². The molecular formula is C13H15ClN2O3S3.